The summed E-state index contributed by atoms with van der Waals surface area (Å²) in [6.07, 6.45) is 2.41. The van der Waals surface area contributed by atoms with Crippen LogP contribution in [0.2, 0.25) is 0 Å². The number of fused-ring (bicyclic) bond motifs is 1. The minimum Gasteiger partial charge on any atom is 0 e. The third-order valence-corrected chi connectivity index (χ3v) is 6.47. The number of hydrogen-bond acceptors (Lipinski definition) is 0. The zero-order valence-electron chi connectivity index (χ0n) is 13.0. The molecular weight excluding hydrogens is 411 g/mol. The van der Waals surface area contributed by atoms with Crippen molar-refractivity contribution < 1.29 is 50.9 Å². The van der Waals surface area contributed by atoms with Gasteiger partial charge in [-0.25, -0.2) is 0 Å². The van der Waals surface area contributed by atoms with Crippen LogP contribution in [0, 0.1) is 20.8 Å². The van der Waals surface area contributed by atoms with E-state index in [9.17, 15) is 0 Å². The molecule has 2 heteroatoms. The van der Waals surface area contributed by atoms with E-state index in [2.05, 4.69) is 64.1 Å². The fourth-order valence-electron chi connectivity index (χ4n) is 3.25. The van der Waals surface area contributed by atoms with Crippen molar-refractivity contribution in [2.24, 2.45) is 0 Å². The summed E-state index contributed by atoms with van der Waals surface area (Å²) in [5.41, 5.74) is 11.7. The number of rotatable bonds is 1. The minimum absolute atomic E-state index is 0. The SMILES string of the molecule is CC1=Cc2c(-c3ccccc3)c(C)c(C)c(C)c2[CH]1[Zr].[Zr]. The summed E-state index contributed by atoms with van der Waals surface area (Å²) < 4.78 is 0.638. The van der Waals surface area contributed by atoms with Gasteiger partial charge in [0, 0.05) is 26.2 Å². The fraction of sp³-hybridized carbons (Fsp3) is 0.263. The van der Waals surface area contributed by atoms with E-state index < -0.39 is 0 Å². The zero-order chi connectivity index (χ0) is 14.4. The standard InChI is InChI=1S/C19H19.2Zr/c1-12-10-17-14(3)13(2)15(4)19(18(17)11-12)16-8-6-5-7-9-16;;/h5-11H,1-4H3;;. The molecule has 0 heterocycles. The summed E-state index contributed by atoms with van der Waals surface area (Å²) in [5, 5.41) is 0. The molecule has 0 aliphatic heterocycles. The molecule has 0 bridgehead atoms. The van der Waals surface area contributed by atoms with Crippen molar-refractivity contribution in [3.63, 3.8) is 0 Å². The Morgan fingerprint density at radius 2 is 1.48 bits per heavy atom. The predicted octanol–water partition coefficient (Wildman–Crippen LogP) is 5.28. The maximum atomic E-state index is 2.41. The Morgan fingerprint density at radius 3 is 2.10 bits per heavy atom. The first-order valence-corrected chi connectivity index (χ1v) is 8.52. The average Bonchev–Trinajstić information content (AvgIpc) is 2.74. The van der Waals surface area contributed by atoms with Crippen molar-refractivity contribution in [3.8, 4) is 11.1 Å². The minimum atomic E-state index is 0. The van der Waals surface area contributed by atoms with Crippen LogP contribution in [-0.4, -0.2) is 0 Å². The van der Waals surface area contributed by atoms with Crippen molar-refractivity contribution in [1.82, 2.24) is 0 Å². The number of hydrogen-bond donors (Lipinski definition) is 0. The molecule has 0 saturated carbocycles. The molecule has 0 nitrogen and oxygen atoms in total. The van der Waals surface area contributed by atoms with Crippen molar-refractivity contribution in [2.75, 3.05) is 0 Å². The van der Waals surface area contributed by atoms with E-state index in [1.165, 1.54) is 39.0 Å². The molecule has 0 fully saturated rings. The topological polar surface area (TPSA) is 0 Å². The van der Waals surface area contributed by atoms with Gasteiger partial charge in [-0.15, -0.1) is 0 Å². The first-order valence-electron chi connectivity index (χ1n) is 7.10. The van der Waals surface area contributed by atoms with Gasteiger partial charge in [0.1, 0.15) is 0 Å². The van der Waals surface area contributed by atoms with E-state index >= 15 is 0 Å². The molecule has 0 saturated heterocycles. The van der Waals surface area contributed by atoms with Crippen LogP contribution in [0.15, 0.2) is 35.9 Å². The van der Waals surface area contributed by atoms with E-state index in [1.54, 1.807) is 30.3 Å². The van der Waals surface area contributed by atoms with E-state index in [-0.39, 0.29) is 26.2 Å². The van der Waals surface area contributed by atoms with E-state index in [4.69, 9.17) is 0 Å². The first kappa shape index (κ1) is 17.3. The maximum absolute atomic E-state index is 2.41. The smallest absolute Gasteiger partial charge is 0 e. The Hall–Kier alpha value is -0.0538. The Bertz CT molecular complexity index is 712. The van der Waals surface area contributed by atoms with Gasteiger partial charge in [0.15, 0.2) is 0 Å². The number of allylic oxidation sites excluding steroid dienone is 1. The van der Waals surface area contributed by atoms with E-state index in [0.29, 0.717) is 3.63 Å². The maximum Gasteiger partial charge on any atom is 0 e. The molecule has 0 N–H and O–H groups in total. The zero-order valence-corrected chi connectivity index (χ0v) is 18.0. The van der Waals surface area contributed by atoms with E-state index in [0.717, 1.165) is 0 Å². The van der Waals surface area contributed by atoms with Gasteiger partial charge in [-0.05, 0) is 0 Å². The molecule has 1 aliphatic rings. The molecule has 103 valence electrons. The first-order chi connectivity index (χ1) is 9.52. The van der Waals surface area contributed by atoms with Gasteiger partial charge in [0.05, 0.1) is 0 Å². The van der Waals surface area contributed by atoms with Crippen LogP contribution in [-0.2, 0) is 50.9 Å². The summed E-state index contributed by atoms with van der Waals surface area (Å²) >= 11 is 1.60. The molecular formula is C19H19Zr2. The summed E-state index contributed by atoms with van der Waals surface area (Å²) in [6.45, 7) is 9.11. The molecule has 3 rings (SSSR count). The van der Waals surface area contributed by atoms with Gasteiger partial charge < -0.3 is 0 Å². The van der Waals surface area contributed by atoms with Gasteiger partial charge in [-0.1, -0.05) is 0 Å². The van der Waals surface area contributed by atoms with Gasteiger partial charge in [0.2, 0.25) is 0 Å². The van der Waals surface area contributed by atoms with Crippen LogP contribution in [0.5, 0.6) is 0 Å². The van der Waals surface area contributed by atoms with Crippen LogP contribution in [0.4, 0.5) is 0 Å². The fourth-order valence-corrected chi connectivity index (χ4v) is 4.37. The second-order valence-electron chi connectivity index (χ2n) is 5.76. The Kier molecular flexibility index (Phi) is 5.43. The van der Waals surface area contributed by atoms with Crippen molar-refractivity contribution in [1.29, 1.82) is 0 Å². The van der Waals surface area contributed by atoms with Gasteiger partial charge >= 0.3 is 137 Å². The molecule has 0 aromatic heterocycles. The predicted molar refractivity (Wildman–Crippen MR) is 82.5 cm³/mol. The van der Waals surface area contributed by atoms with E-state index in [1.807, 2.05) is 0 Å². The molecule has 1 aliphatic carbocycles. The van der Waals surface area contributed by atoms with Gasteiger partial charge in [0.25, 0.3) is 0 Å². The molecule has 0 amide bonds. The molecule has 0 radical (unpaired) electrons. The molecule has 0 spiro atoms. The van der Waals surface area contributed by atoms with Crippen LogP contribution in [0.25, 0.3) is 17.2 Å². The normalized spacial score (nSPS) is 16.1. The summed E-state index contributed by atoms with van der Waals surface area (Å²) in [6, 6.07) is 10.8. The second kappa shape index (κ2) is 6.60. The molecule has 2 aromatic rings. The average molecular weight is 430 g/mol. The summed E-state index contributed by atoms with van der Waals surface area (Å²) in [5.74, 6) is 0. The van der Waals surface area contributed by atoms with Gasteiger partial charge in [-0.2, -0.15) is 0 Å². The summed E-state index contributed by atoms with van der Waals surface area (Å²) in [7, 11) is 0. The Labute approximate surface area is 162 Å². The molecule has 21 heavy (non-hydrogen) atoms. The van der Waals surface area contributed by atoms with Crippen molar-refractivity contribution >= 4 is 6.08 Å². The van der Waals surface area contributed by atoms with Crippen molar-refractivity contribution in [3.05, 3.63) is 63.7 Å². The molecule has 2 aromatic carbocycles. The van der Waals surface area contributed by atoms with Crippen LogP contribution in [0.1, 0.15) is 38.4 Å². The van der Waals surface area contributed by atoms with Crippen LogP contribution in [0.3, 0.4) is 0 Å². The largest absolute Gasteiger partial charge is 0 e. The third-order valence-electron chi connectivity index (χ3n) is 4.64. The summed E-state index contributed by atoms with van der Waals surface area (Å²) in [4.78, 5) is 0. The van der Waals surface area contributed by atoms with Crippen LogP contribution < -0.4 is 0 Å². The Morgan fingerprint density at radius 1 is 0.857 bits per heavy atom. The van der Waals surface area contributed by atoms with Crippen LogP contribution >= 0.6 is 0 Å². The molecule has 1 atom stereocenters. The monoisotopic (exact) mass is 427 g/mol. The van der Waals surface area contributed by atoms with Crippen molar-refractivity contribution in [2.45, 2.75) is 31.3 Å². The third kappa shape index (κ3) is 2.79. The Balaban J connectivity index is 0.00000161. The quantitative estimate of drug-likeness (QED) is 0.578. The number of benzene rings is 2. The molecule has 1 unspecified atom stereocenters. The second-order valence-corrected chi connectivity index (χ2v) is 7.18. The van der Waals surface area contributed by atoms with Gasteiger partial charge in [-0.3, -0.25) is 0 Å².